The Morgan fingerprint density at radius 1 is 1.35 bits per heavy atom. The van der Waals surface area contributed by atoms with Gasteiger partial charge in [0.25, 0.3) is 0 Å². The number of carbonyl (C=O) groups is 1. The third-order valence-electron chi connectivity index (χ3n) is 2.69. The van der Waals surface area contributed by atoms with Crippen LogP contribution < -0.4 is 10.1 Å². The van der Waals surface area contributed by atoms with Crippen molar-refractivity contribution in [3.05, 3.63) is 47.9 Å². The number of carbonyl (C=O) groups excluding carboxylic acids is 1. The molecule has 20 heavy (non-hydrogen) atoms. The topological polar surface area (TPSA) is 60.7 Å². The lowest BCUT2D eigenvalue weighted by molar-refractivity contribution is 0.0600. The molecule has 0 spiro atoms. The molecule has 106 valence electrons. The van der Waals surface area contributed by atoms with Crippen molar-refractivity contribution in [2.75, 3.05) is 19.0 Å². The van der Waals surface area contributed by atoms with Crippen LogP contribution in [0.1, 0.15) is 23.0 Å². The molecule has 5 heteroatoms. The zero-order valence-corrected chi connectivity index (χ0v) is 11.5. The maximum Gasteiger partial charge on any atom is 0.341 e. The highest BCUT2D eigenvalue weighted by Gasteiger charge is 2.09. The predicted molar refractivity (Wildman–Crippen MR) is 75.0 cm³/mol. The van der Waals surface area contributed by atoms with Crippen molar-refractivity contribution >= 4 is 11.7 Å². The molecule has 2 rings (SSSR count). The first-order chi connectivity index (χ1) is 9.72. The Hall–Kier alpha value is -2.43. The van der Waals surface area contributed by atoms with E-state index in [9.17, 15) is 4.79 Å². The quantitative estimate of drug-likeness (QED) is 0.821. The molecule has 0 aliphatic rings. The van der Waals surface area contributed by atoms with Crippen molar-refractivity contribution in [1.82, 2.24) is 0 Å². The van der Waals surface area contributed by atoms with Gasteiger partial charge in [-0.15, -0.1) is 0 Å². The Labute approximate surface area is 117 Å². The molecular formula is C15H17NO4. The van der Waals surface area contributed by atoms with Gasteiger partial charge >= 0.3 is 5.97 Å². The molecule has 0 amide bonds. The fourth-order valence-corrected chi connectivity index (χ4v) is 1.75. The van der Waals surface area contributed by atoms with Gasteiger partial charge in [0.2, 0.25) is 0 Å². The molecule has 0 saturated carbocycles. The lowest BCUT2D eigenvalue weighted by Gasteiger charge is -2.07. The number of furan rings is 1. The fourth-order valence-electron chi connectivity index (χ4n) is 1.75. The molecular weight excluding hydrogens is 258 g/mol. The molecule has 0 aliphatic heterocycles. The van der Waals surface area contributed by atoms with Crippen molar-refractivity contribution in [3.63, 3.8) is 0 Å². The minimum atomic E-state index is -0.404. The molecule has 0 radical (unpaired) electrons. The van der Waals surface area contributed by atoms with Gasteiger partial charge in [0.05, 0.1) is 25.8 Å². The molecule has 0 bridgehead atoms. The normalized spacial score (nSPS) is 10.1. The largest absolute Gasteiger partial charge is 0.494 e. The SMILES string of the molecule is CCOc1cccc(NCc2cc(C(=O)OC)co2)c1. The highest BCUT2D eigenvalue weighted by Crippen LogP contribution is 2.18. The Balaban J connectivity index is 1.96. The first kappa shape index (κ1) is 14.0. The molecule has 0 aliphatic carbocycles. The average Bonchev–Trinajstić information content (AvgIpc) is 2.94. The maximum atomic E-state index is 11.3. The van der Waals surface area contributed by atoms with E-state index in [4.69, 9.17) is 9.15 Å². The van der Waals surface area contributed by atoms with Crippen LogP contribution in [0.5, 0.6) is 5.75 Å². The van der Waals surface area contributed by atoms with Crippen LogP contribution >= 0.6 is 0 Å². The van der Waals surface area contributed by atoms with E-state index in [1.54, 1.807) is 6.07 Å². The van der Waals surface area contributed by atoms with E-state index in [1.165, 1.54) is 13.4 Å². The molecule has 0 saturated heterocycles. The molecule has 0 atom stereocenters. The molecule has 0 fully saturated rings. The van der Waals surface area contributed by atoms with Crippen LogP contribution in [0, 0.1) is 0 Å². The summed E-state index contributed by atoms with van der Waals surface area (Å²) in [5, 5.41) is 3.20. The highest BCUT2D eigenvalue weighted by molar-refractivity contribution is 5.88. The number of nitrogens with one attached hydrogen (secondary N) is 1. The van der Waals surface area contributed by atoms with Gasteiger partial charge in [0.1, 0.15) is 17.8 Å². The van der Waals surface area contributed by atoms with Crippen LogP contribution in [0.2, 0.25) is 0 Å². The Bertz CT molecular complexity index is 577. The summed E-state index contributed by atoms with van der Waals surface area (Å²) < 4.78 is 15.3. The molecule has 1 aromatic heterocycles. The molecule has 2 aromatic rings. The summed E-state index contributed by atoms with van der Waals surface area (Å²) in [6.07, 6.45) is 1.39. The molecule has 1 heterocycles. The van der Waals surface area contributed by atoms with Gasteiger partial charge in [-0.1, -0.05) is 6.07 Å². The summed E-state index contributed by atoms with van der Waals surface area (Å²) in [5.41, 5.74) is 1.33. The standard InChI is InChI=1S/C15H17NO4/c1-3-19-13-6-4-5-12(8-13)16-9-14-7-11(10-20-14)15(17)18-2/h4-8,10,16H,3,9H2,1-2H3. The third-order valence-corrected chi connectivity index (χ3v) is 2.69. The average molecular weight is 275 g/mol. The van der Waals surface area contributed by atoms with Crippen molar-refractivity contribution < 1.29 is 18.7 Å². The summed E-state index contributed by atoms with van der Waals surface area (Å²) >= 11 is 0. The second-order valence-corrected chi connectivity index (χ2v) is 4.11. The monoisotopic (exact) mass is 275 g/mol. The van der Waals surface area contributed by atoms with E-state index in [1.807, 2.05) is 31.2 Å². The summed E-state index contributed by atoms with van der Waals surface area (Å²) in [6, 6.07) is 9.32. The van der Waals surface area contributed by atoms with Gasteiger partial charge in [-0.3, -0.25) is 0 Å². The van der Waals surface area contributed by atoms with Gasteiger partial charge in [-0.2, -0.15) is 0 Å². The Kier molecular flexibility index (Phi) is 4.65. The van der Waals surface area contributed by atoms with Crippen molar-refractivity contribution in [1.29, 1.82) is 0 Å². The molecule has 1 N–H and O–H groups in total. The second kappa shape index (κ2) is 6.65. The first-order valence-electron chi connectivity index (χ1n) is 6.35. The van der Waals surface area contributed by atoms with Crippen molar-refractivity contribution in [2.45, 2.75) is 13.5 Å². The molecule has 0 unspecified atom stereocenters. The Morgan fingerprint density at radius 3 is 2.95 bits per heavy atom. The number of benzene rings is 1. The number of methoxy groups -OCH3 is 1. The van der Waals surface area contributed by atoms with Crippen LogP contribution in [0.25, 0.3) is 0 Å². The number of rotatable bonds is 6. The summed E-state index contributed by atoms with van der Waals surface area (Å²) in [7, 11) is 1.34. The molecule has 1 aromatic carbocycles. The minimum absolute atomic E-state index is 0.404. The van der Waals surface area contributed by atoms with Crippen LogP contribution in [0.15, 0.2) is 41.0 Å². The zero-order chi connectivity index (χ0) is 14.4. The minimum Gasteiger partial charge on any atom is -0.494 e. The van der Waals surface area contributed by atoms with Crippen LogP contribution in [-0.2, 0) is 11.3 Å². The zero-order valence-electron chi connectivity index (χ0n) is 11.5. The number of ether oxygens (including phenoxy) is 2. The van der Waals surface area contributed by atoms with Gasteiger partial charge in [0, 0.05) is 11.8 Å². The summed E-state index contributed by atoms with van der Waals surface area (Å²) in [4.78, 5) is 11.3. The lowest BCUT2D eigenvalue weighted by Crippen LogP contribution is -2.00. The summed E-state index contributed by atoms with van der Waals surface area (Å²) in [6.45, 7) is 3.05. The third kappa shape index (κ3) is 3.54. The summed E-state index contributed by atoms with van der Waals surface area (Å²) in [5.74, 6) is 1.07. The van der Waals surface area contributed by atoms with E-state index in [0.717, 1.165) is 11.4 Å². The van der Waals surface area contributed by atoms with Gasteiger partial charge in [-0.25, -0.2) is 4.79 Å². The lowest BCUT2D eigenvalue weighted by atomic mass is 10.3. The van der Waals surface area contributed by atoms with Crippen LogP contribution in [-0.4, -0.2) is 19.7 Å². The highest BCUT2D eigenvalue weighted by atomic mass is 16.5. The van der Waals surface area contributed by atoms with Crippen molar-refractivity contribution in [3.8, 4) is 5.75 Å². The van der Waals surface area contributed by atoms with E-state index >= 15 is 0 Å². The van der Waals surface area contributed by atoms with Crippen LogP contribution in [0.3, 0.4) is 0 Å². The number of hydrogen-bond donors (Lipinski definition) is 1. The van der Waals surface area contributed by atoms with Crippen LogP contribution in [0.4, 0.5) is 5.69 Å². The number of anilines is 1. The van der Waals surface area contributed by atoms with Crippen molar-refractivity contribution in [2.24, 2.45) is 0 Å². The second-order valence-electron chi connectivity index (χ2n) is 4.11. The van der Waals surface area contributed by atoms with E-state index in [0.29, 0.717) is 24.5 Å². The van der Waals surface area contributed by atoms with Gasteiger partial charge in [0.15, 0.2) is 0 Å². The van der Waals surface area contributed by atoms with E-state index in [-0.39, 0.29) is 0 Å². The first-order valence-corrected chi connectivity index (χ1v) is 6.35. The van der Waals surface area contributed by atoms with Gasteiger partial charge < -0.3 is 19.2 Å². The molecule has 5 nitrogen and oxygen atoms in total. The van der Waals surface area contributed by atoms with E-state index < -0.39 is 5.97 Å². The maximum absolute atomic E-state index is 11.3. The van der Waals surface area contributed by atoms with Gasteiger partial charge in [-0.05, 0) is 25.1 Å². The Morgan fingerprint density at radius 2 is 2.20 bits per heavy atom. The number of esters is 1. The smallest absolute Gasteiger partial charge is 0.341 e. The number of hydrogen-bond acceptors (Lipinski definition) is 5. The van der Waals surface area contributed by atoms with E-state index in [2.05, 4.69) is 10.1 Å². The fraction of sp³-hybridized carbons (Fsp3) is 0.267. The predicted octanol–water partition coefficient (Wildman–Crippen LogP) is 3.08.